The minimum absolute atomic E-state index is 0.734. The summed E-state index contributed by atoms with van der Waals surface area (Å²) in [6, 6.07) is 0. The molecule has 1 aromatic rings. The first-order chi connectivity index (χ1) is 7.85. The zero-order chi connectivity index (χ0) is 11.4. The van der Waals surface area contributed by atoms with E-state index in [2.05, 4.69) is 41.5 Å². The van der Waals surface area contributed by atoms with Crippen molar-refractivity contribution in [1.82, 2.24) is 15.1 Å². The Morgan fingerprint density at radius 3 is 3.12 bits per heavy atom. The molecule has 1 aliphatic carbocycles. The topological polar surface area (TPSA) is 29.9 Å². The minimum atomic E-state index is 0.734. The standard InChI is InChI=1S/C13H23N3/c1-3-7-16-10-12(9-15-16)13-6-4-5-11(13)8-14-2/h9-11,13-14H,3-8H2,1-2H3. The number of hydrogen-bond donors (Lipinski definition) is 1. The zero-order valence-electron chi connectivity index (χ0n) is 10.4. The predicted molar refractivity (Wildman–Crippen MR) is 66.5 cm³/mol. The summed E-state index contributed by atoms with van der Waals surface area (Å²) in [6.45, 7) is 4.38. The molecule has 1 aromatic heterocycles. The molecule has 3 nitrogen and oxygen atoms in total. The third-order valence-electron chi connectivity index (χ3n) is 3.66. The Kier molecular flexibility index (Phi) is 3.99. The maximum Gasteiger partial charge on any atom is 0.0524 e. The van der Waals surface area contributed by atoms with Gasteiger partial charge in [-0.2, -0.15) is 5.10 Å². The van der Waals surface area contributed by atoms with E-state index in [1.165, 1.54) is 24.8 Å². The number of hydrogen-bond acceptors (Lipinski definition) is 2. The van der Waals surface area contributed by atoms with Gasteiger partial charge in [0, 0.05) is 12.7 Å². The molecule has 0 bridgehead atoms. The highest BCUT2D eigenvalue weighted by atomic mass is 15.3. The molecule has 0 saturated heterocycles. The van der Waals surface area contributed by atoms with Crippen LogP contribution in [-0.2, 0) is 6.54 Å². The molecule has 0 amide bonds. The monoisotopic (exact) mass is 221 g/mol. The van der Waals surface area contributed by atoms with Gasteiger partial charge in [0.25, 0.3) is 0 Å². The Hall–Kier alpha value is -0.830. The van der Waals surface area contributed by atoms with Crippen molar-refractivity contribution >= 4 is 0 Å². The number of nitrogens with zero attached hydrogens (tertiary/aromatic N) is 2. The van der Waals surface area contributed by atoms with Crippen LogP contribution in [0.1, 0.15) is 44.1 Å². The van der Waals surface area contributed by atoms with Gasteiger partial charge in [-0.3, -0.25) is 4.68 Å². The molecule has 2 unspecified atom stereocenters. The van der Waals surface area contributed by atoms with Crippen LogP contribution < -0.4 is 5.32 Å². The normalized spacial score (nSPS) is 25.1. The molecule has 1 N–H and O–H groups in total. The Morgan fingerprint density at radius 2 is 2.38 bits per heavy atom. The molecule has 0 spiro atoms. The second kappa shape index (κ2) is 5.48. The van der Waals surface area contributed by atoms with Crippen LogP contribution in [0, 0.1) is 5.92 Å². The summed E-state index contributed by atoms with van der Waals surface area (Å²) in [4.78, 5) is 0. The summed E-state index contributed by atoms with van der Waals surface area (Å²) in [5.41, 5.74) is 1.45. The maximum atomic E-state index is 4.44. The van der Waals surface area contributed by atoms with Crippen molar-refractivity contribution in [2.75, 3.05) is 13.6 Å². The predicted octanol–water partition coefficient (Wildman–Crippen LogP) is 2.40. The van der Waals surface area contributed by atoms with Gasteiger partial charge >= 0.3 is 0 Å². The van der Waals surface area contributed by atoms with Crippen molar-refractivity contribution in [3.8, 4) is 0 Å². The lowest BCUT2D eigenvalue weighted by Gasteiger charge is -2.17. The highest BCUT2D eigenvalue weighted by Crippen LogP contribution is 2.38. The molecule has 1 fully saturated rings. The van der Waals surface area contributed by atoms with Crippen LogP contribution in [0.4, 0.5) is 0 Å². The van der Waals surface area contributed by atoms with Crippen molar-refractivity contribution in [3.05, 3.63) is 18.0 Å². The summed E-state index contributed by atoms with van der Waals surface area (Å²) in [6.07, 6.45) is 9.56. The van der Waals surface area contributed by atoms with Crippen molar-refractivity contribution in [3.63, 3.8) is 0 Å². The van der Waals surface area contributed by atoms with E-state index in [9.17, 15) is 0 Å². The third-order valence-corrected chi connectivity index (χ3v) is 3.66. The average molecular weight is 221 g/mol. The van der Waals surface area contributed by atoms with Gasteiger partial charge in [-0.1, -0.05) is 13.3 Å². The summed E-state index contributed by atoms with van der Waals surface area (Å²) in [7, 11) is 2.05. The van der Waals surface area contributed by atoms with Crippen LogP contribution in [0.3, 0.4) is 0 Å². The van der Waals surface area contributed by atoms with Crippen molar-refractivity contribution < 1.29 is 0 Å². The van der Waals surface area contributed by atoms with Crippen molar-refractivity contribution in [2.24, 2.45) is 5.92 Å². The van der Waals surface area contributed by atoms with Gasteiger partial charge in [0.2, 0.25) is 0 Å². The van der Waals surface area contributed by atoms with E-state index < -0.39 is 0 Å². The van der Waals surface area contributed by atoms with E-state index >= 15 is 0 Å². The van der Waals surface area contributed by atoms with Gasteiger partial charge in [-0.25, -0.2) is 0 Å². The van der Waals surface area contributed by atoms with E-state index in [4.69, 9.17) is 0 Å². The molecular weight excluding hydrogens is 198 g/mol. The van der Waals surface area contributed by atoms with Crippen molar-refractivity contribution in [1.29, 1.82) is 0 Å². The lowest BCUT2D eigenvalue weighted by molar-refractivity contribution is 0.462. The molecule has 0 radical (unpaired) electrons. The fourth-order valence-electron chi connectivity index (χ4n) is 2.90. The quantitative estimate of drug-likeness (QED) is 0.827. The van der Waals surface area contributed by atoms with E-state index in [1.54, 1.807) is 0 Å². The van der Waals surface area contributed by atoms with E-state index in [-0.39, 0.29) is 0 Å². The number of aryl methyl sites for hydroxylation is 1. The maximum absolute atomic E-state index is 4.44. The number of aromatic nitrogens is 2. The van der Waals surface area contributed by atoms with Crippen LogP contribution in [0.2, 0.25) is 0 Å². The molecule has 3 heteroatoms. The highest BCUT2D eigenvalue weighted by molar-refractivity contribution is 5.14. The summed E-state index contributed by atoms with van der Waals surface area (Å²) in [5.74, 6) is 1.54. The molecule has 0 aliphatic heterocycles. The minimum Gasteiger partial charge on any atom is -0.319 e. The smallest absolute Gasteiger partial charge is 0.0524 e. The lowest BCUT2D eigenvalue weighted by atomic mass is 9.91. The molecule has 90 valence electrons. The Balaban J connectivity index is 2.04. The summed E-state index contributed by atoms with van der Waals surface area (Å²) in [5, 5.41) is 7.76. The summed E-state index contributed by atoms with van der Waals surface area (Å²) < 4.78 is 2.09. The Labute approximate surface area is 98.2 Å². The Morgan fingerprint density at radius 1 is 1.50 bits per heavy atom. The molecule has 2 rings (SSSR count). The first-order valence-corrected chi connectivity index (χ1v) is 6.52. The Bertz CT molecular complexity index is 319. The van der Waals surface area contributed by atoms with Gasteiger partial charge in [-0.05, 0) is 50.3 Å². The second-order valence-corrected chi connectivity index (χ2v) is 4.89. The molecule has 1 aliphatic rings. The van der Waals surface area contributed by atoms with E-state index in [1.807, 2.05) is 0 Å². The van der Waals surface area contributed by atoms with Crippen LogP contribution in [0.25, 0.3) is 0 Å². The second-order valence-electron chi connectivity index (χ2n) is 4.89. The van der Waals surface area contributed by atoms with E-state index in [0.717, 1.165) is 31.3 Å². The largest absolute Gasteiger partial charge is 0.319 e. The molecule has 16 heavy (non-hydrogen) atoms. The summed E-state index contributed by atoms with van der Waals surface area (Å²) >= 11 is 0. The van der Waals surface area contributed by atoms with Gasteiger partial charge in [0.1, 0.15) is 0 Å². The van der Waals surface area contributed by atoms with Crippen LogP contribution >= 0.6 is 0 Å². The average Bonchev–Trinajstić information content (AvgIpc) is 2.87. The first-order valence-electron chi connectivity index (χ1n) is 6.52. The van der Waals surface area contributed by atoms with Crippen LogP contribution in [0.15, 0.2) is 12.4 Å². The molecule has 2 atom stereocenters. The SMILES string of the molecule is CCCn1cc(C2CCCC2CNC)cn1. The zero-order valence-corrected chi connectivity index (χ0v) is 10.4. The van der Waals surface area contributed by atoms with Gasteiger partial charge in [0.05, 0.1) is 6.20 Å². The number of nitrogens with one attached hydrogen (secondary N) is 1. The molecule has 1 heterocycles. The first kappa shape index (κ1) is 11.6. The third kappa shape index (κ3) is 2.46. The van der Waals surface area contributed by atoms with Crippen LogP contribution in [-0.4, -0.2) is 23.4 Å². The molecule has 1 saturated carbocycles. The fourth-order valence-corrected chi connectivity index (χ4v) is 2.90. The van der Waals surface area contributed by atoms with Crippen LogP contribution in [0.5, 0.6) is 0 Å². The van der Waals surface area contributed by atoms with Gasteiger partial charge in [-0.15, -0.1) is 0 Å². The molecular formula is C13H23N3. The number of rotatable bonds is 5. The lowest BCUT2D eigenvalue weighted by Crippen LogP contribution is -2.20. The molecule has 0 aromatic carbocycles. The fraction of sp³-hybridized carbons (Fsp3) is 0.769. The van der Waals surface area contributed by atoms with Gasteiger partial charge < -0.3 is 5.32 Å². The van der Waals surface area contributed by atoms with Gasteiger partial charge in [0.15, 0.2) is 0 Å². The van der Waals surface area contributed by atoms with Crippen molar-refractivity contribution in [2.45, 2.75) is 45.1 Å². The highest BCUT2D eigenvalue weighted by Gasteiger charge is 2.28. The van der Waals surface area contributed by atoms with E-state index in [0.29, 0.717) is 0 Å².